The maximum atomic E-state index is 8.88. The number of nitrogens with zero attached hydrogens (tertiary/aromatic N) is 1. The van der Waals surface area contributed by atoms with E-state index in [1.54, 1.807) is 6.20 Å². The van der Waals surface area contributed by atoms with Crippen molar-refractivity contribution in [1.82, 2.24) is 4.98 Å². The molecule has 90 valence electrons. The van der Waals surface area contributed by atoms with Crippen LogP contribution in [0.2, 0.25) is 0 Å². The van der Waals surface area contributed by atoms with Crippen LogP contribution in [0.25, 0.3) is 0 Å². The Hall–Kier alpha value is -1.29. The van der Waals surface area contributed by atoms with Crippen molar-refractivity contribution in [1.29, 1.82) is 0 Å². The Morgan fingerprint density at radius 1 is 1.38 bits per heavy atom. The summed E-state index contributed by atoms with van der Waals surface area (Å²) in [5, 5.41) is 15.2. The summed E-state index contributed by atoms with van der Waals surface area (Å²) in [5.41, 5.74) is 2.04. The smallest absolute Gasteiger partial charge is 0.0547 e. The number of aromatic nitrogens is 1. The highest BCUT2D eigenvalue weighted by molar-refractivity contribution is 5.53. The van der Waals surface area contributed by atoms with Gasteiger partial charge in [0.15, 0.2) is 0 Å². The average Bonchev–Trinajstić information content (AvgIpc) is 2.34. The molecule has 0 aliphatic carbocycles. The Balaban J connectivity index is 2.26. The minimum absolute atomic E-state index is 0.275. The normalized spacial score (nSPS) is 12.2. The van der Waals surface area contributed by atoms with Crippen LogP contribution < -0.4 is 10.6 Å². The van der Waals surface area contributed by atoms with E-state index in [0.29, 0.717) is 5.92 Å². The molecule has 0 saturated carbocycles. The van der Waals surface area contributed by atoms with Gasteiger partial charge in [0.2, 0.25) is 0 Å². The van der Waals surface area contributed by atoms with E-state index in [1.807, 2.05) is 19.3 Å². The first-order valence-electron chi connectivity index (χ1n) is 5.73. The van der Waals surface area contributed by atoms with Crippen molar-refractivity contribution in [2.24, 2.45) is 5.92 Å². The number of anilines is 2. The van der Waals surface area contributed by atoms with Gasteiger partial charge in [-0.1, -0.05) is 6.92 Å². The van der Waals surface area contributed by atoms with Crippen LogP contribution in [0.1, 0.15) is 19.8 Å². The molecular formula is C12H21N3O. The molecule has 1 aromatic heterocycles. The maximum Gasteiger partial charge on any atom is 0.0547 e. The van der Waals surface area contributed by atoms with E-state index in [-0.39, 0.29) is 6.61 Å². The molecule has 0 fully saturated rings. The van der Waals surface area contributed by atoms with Crippen LogP contribution in [0.3, 0.4) is 0 Å². The number of nitrogens with one attached hydrogen (secondary N) is 2. The molecule has 0 aromatic carbocycles. The quantitative estimate of drug-likeness (QED) is 0.618. The van der Waals surface area contributed by atoms with Crippen LogP contribution >= 0.6 is 0 Å². The van der Waals surface area contributed by atoms with Gasteiger partial charge in [-0.3, -0.25) is 4.98 Å². The molecule has 1 aromatic rings. The molecule has 3 N–H and O–H groups in total. The van der Waals surface area contributed by atoms with Crippen molar-refractivity contribution in [3.05, 3.63) is 18.5 Å². The Morgan fingerprint density at radius 2 is 2.12 bits per heavy atom. The second-order valence-electron chi connectivity index (χ2n) is 4.07. The predicted octanol–water partition coefficient (Wildman–Crippen LogP) is 1.94. The van der Waals surface area contributed by atoms with Gasteiger partial charge in [0.25, 0.3) is 0 Å². The summed E-state index contributed by atoms with van der Waals surface area (Å²) in [5.74, 6) is 0.392. The van der Waals surface area contributed by atoms with Gasteiger partial charge in [-0.25, -0.2) is 0 Å². The Kier molecular flexibility index (Phi) is 5.64. The number of aliphatic hydroxyl groups is 1. The third-order valence-corrected chi connectivity index (χ3v) is 2.54. The van der Waals surface area contributed by atoms with E-state index in [0.717, 1.165) is 30.8 Å². The van der Waals surface area contributed by atoms with Crippen molar-refractivity contribution in [3.8, 4) is 0 Å². The lowest BCUT2D eigenvalue weighted by molar-refractivity contribution is 0.229. The summed E-state index contributed by atoms with van der Waals surface area (Å²) >= 11 is 0. The highest BCUT2D eigenvalue weighted by Crippen LogP contribution is 2.12. The lowest BCUT2D eigenvalue weighted by Gasteiger charge is -2.09. The minimum atomic E-state index is 0.275. The Labute approximate surface area is 97.1 Å². The van der Waals surface area contributed by atoms with Gasteiger partial charge in [-0.15, -0.1) is 0 Å². The van der Waals surface area contributed by atoms with Crippen LogP contribution in [-0.2, 0) is 0 Å². The summed E-state index contributed by atoms with van der Waals surface area (Å²) in [7, 11) is 1.88. The second kappa shape index (κ2) is 7.06. The highest BCUT2D eigenvalue weighted by Gasteiger charge is 1.99. The average molecular weight is 223 g/mol. The van der Waals surface area contributed by atoms with E-state index in [9.17, 15) is 0 Å². The summed E-state index contributed by atoms with van der Waals surface area (Å²) < 4.78 is 0. The first-order chi connectivity index (χ1) is 7.76. The SMILES string of the molecule is CNc1cncc(NCCCC(C)CO)c1. The molecular weight excluding hydrogens is 202 g/mol. The van der Waals surface area contributed by atoms with Gasteiger partial charge in [-0.05, 0) is 24.8 Å². The summed E-state index contributed by atoms with van der Waals surface area (Å²) in [6.45, 7) is 3.25. The third kappa shape index (κ3) is 4.49. The van der Waals surface area contributed by atoms with Gasteiger partial charge >= 0.3 is 0 Å². The number of pyridine rings is 1. The van der Waals surface area contributed by atoms with Crippen molar-refractivity contribution in [2.75, 3.05) is 30.8 Å². The van der Waals surface area contributed by atoms with Gasteiger partial charge in [0.05, 0.1) is 23.8 Å². The third-order valence-electron chi connectivity index (χ3n) is 2.54. The molecule has 1 rings (SSSR count). The molecule has 4 nitrogen and oxygen atoms in total. The zero-order chi connectivity index (χ0) is 11.8. The van der Waals surface area contributed by atoms with Crippen LogP contribution in [0.4, 0.5) is 11.4 Å². The lowest BCUT2D eigenvalue weighted by Crippen LogP contribution is -2.06. The molecule has 0 amide bonds. The van der Waals surface area contributed by atoms with Crippen LogP contribution in [0.15, 0.2) is 18.5 Å². The molecule has 0 radical (unpaired) electrons. The number of hydrogen-bond acceptors (Lipinski definition) is 4. The van der Waals surface area contributed by atoms with Crippen molar-refractivity contribution < 1.29 is 5.11 Å². The van der Waals surface area contributed by atoms with Crippen molar-refractivity contribution in [3.63, 3.8) is 0 Å². The molecule has 1 unspecified atom stereocenters. The molecule has 1 atom stereocenters. The summed E-state index contributed by atoms with van der Waals surface area (Å²) in [4.78, 5) is 4.12. The maximum absolute atomic E-state index is 8.88. The largest absolute Gasteiger partial charge is 0.396 e. The molecule has 0 aliphatic rings. The first kappa shape index (κ1) is 12.8. The van der Waals surface area contributed by atoms with E-state index in [4.69, 9.17) is 5.11 Å². The molecule has 0 aliphatic heterocycles. The van der Waals surface area contributed by atoms with Crippen LogP contribution in [0, 0.1) is 5.92 Å². The van der Waals surface area contributed by atoms with Gasteiger partial charge in [0, 0.05) is 20.2 Å². The number of hydrogen-bond donors (Lipinski definition) is 3. The van der Waals surface area contributed by atoms with Gasteiger partial charge < -0.3 is 15.7 Å². The van der Waals surface area contributed by atoms with Gasteiger partial charge in [0.1, 0.15) is 0 Å². The summed E-state index contributed by atoms with van der Waals surface area (Å²) in [6, 6.07) is 2.03. The number of aliphatic hydroxyl groups excluding tert-OH is 1. The first-order valence-corrected chi connectivity index (χ1v) is 5.73. The van der Waals surface area contributed by atoms with Crippen molar-refractivity contribution in [2.45, 2.75) is 19.8 Å². The summed E-state index contributed by atoms with van der Waals surface area (Å²) in [6.07, 6.45) is 5.71. The fraction of sp³-hybridized carbons (Fsp3) is 0.583. The standard InChI is InChI=1S/C12H21N3O/c1-10(9-16)4-3-5-15-12-6-11(13-2)7-14-8-12/h6-8,10,13,15-16H,3-5,9H2,1-2H3. The molecule has 4 heteroatoms. The highest BCUT2D eigenvalue weighted by atomic mass is 16.3. The predicted molar refractivity (Wildman–Crippen MR) is 67.8 cm³/mol. The van der Waals surface area contributed by atoms with E-state index in [2.05, 4.69) is 22.5 Å². The van der Waals surface area contributed by atoms with E-state index < -0.39 is 0 Å². The second-order valence-corrected chi connectivity index (χ2v) is 4.07. The fourth-order valence-electron chi connectivity index (χ4n) is 1.45. The topological polar surface area (TPSA) is 57.2 Å². The minimum Gasteiger partial charge on any atom is -0.396 e. The zero-order valence-electron chi connectivity index (χ0n) is 10.0. The number of rotatable bonds is 7. The molecule has 0 saturated heterocycles. The van der Waals surface area contributed by atoms with E-state index >= 15 is 0 Å². The van der Waals surface area contributed by atoms with Gasteiger partial charge in [-0.2, -0.15) is 0 Å². The Bertz CT molecular complexity index is 304. The van der Waals surface area contributed by atoms with Crippen LogP contribution in [-0.4, -0.2) is 30.3 Å². The molecule has 1 heterocycles. The van der Waals surface area contributed by atoms with E-state index in [1.165, 1.54) is 0 Å². The fourth-order valence-corrected chi connectivity index (χ4v) is 1.45. The molecule has 0 bridgehead atoms. The van der Waals surface area contributed by atoms with Crippen molar-refractivity contribution >= 4 is 11.4 Å². The van der Waals surface area contributed by atoms with Crippen LogP contribution in [0.5, 0.6) is 0 Å². The molecule has 0 spiro atoms. The Morgan fingerprint density at radius 3 is 2.81 bits per heavy atom. The lowest BCUT2D eigenvalue weighted by atomic mass is 10.1. The zero-order valence-corrected chi connectivity index (χ0v) is 10.0. The monoisotopic (exact) mass is 223 g/mol. The molecule has 16 heavy (non-hydrogen) atoms.